The van der Waals surface area contributed by atoms with Crippen molar-refractivity contribution in [2.45, 2.75) is 38.5 Å². The van der Waals surface area contributed by atoms with Gasteiger partial charge in [0.2, 0.25) is 0 Å². The third kappa shape index (κ3) is 3.74. The number of carbonyl (C=O) groups excluding carboxylic acids is 1. The van der Waals surface area contributed by atoms with Gasteiger partial charge in [0, 0.05) is 22.7 Å². The second-order valence-electron chi connectivity index (χ2n) is 5.94. The molecule has 1 aromatic heterocycles. The Hall–Kier alpha value is -2.38. The van der Waals surface area contributed by atoms with Crippen molar-refractivity contribution in [2.24, 2.45) is 0 Å². The maximum absolute atomic E-state index is 12.1. The van der Waals surface area contributed by atoms with Gasteiger partial charge in [-0.2, -0.15) is 5.26 Å². The van der Waals surface area contributed by atoms with Crippen molar-refractivity contribution in [3.8, 4) is 6.07 Å². The van der Waals surface area contributed by atoms with Gasteiger partial charge >= 0.3 is 0 Å². The number of rotatable bonds is 4. The average Bonchev–Trinajstić information content (AvgIpc) is 2.91. The maximum Gasteiger partial charge on any atom is 0.187 e. The molecule has 1 aliphatic carbocycles. The summed E-state index contributed by atoms with van der Waals surface area (Å²) in [6, 6.07) is 11.5. The topological polar surface area (TPSA) is 52.9 Å². The lowest BCUT2D eigenvalue weighted by Crippen LogP contribution is -1.98. The van der Waals surface area contributed by atoms with Crippen LogP contribution in [0.1, 0.15) is 52.0 Å². The number of thiophene rings is 1. The van der Waals surface area contributed by atoms with Crippen LogP contribution in [0.3, 0.4) is 0 Å². The van der Waals surface area contributed by atoms with Crippen molar-refractivity contribution in [2.75, 3.05) is 5.32 Å². The van der Waals surface area contributed by atoms with Gasteiger partial charge in [-0.3, -0.25) is 4.79 Å². The molecule has 2 aromatic rings. The average molecular weight is 336 g/mol. The molecular formula is C20H20N2OS. The first-order chi connectivity index (χ1) is 11.8. The van der Waals surface area contributed by atoms with Gasteiger partial charge in [0.25, 0.3) is 0 Å². The first-order valence-corrected chi connectivity index (χ1v) is 9.18. The van der Waals surface area contributed by atoms with Gasteiger partial charge in [-0.1, -0.05) is 43.2 Å². The highest BCUT2D eigenvalue weighted by atomic mass is 32.1. The van der Waals surface area contributed by atoms with Crippen molar-refractivity contribution in [1.82, 2.24) is 0 Å². The number of nitrogens with zero attached hydrogens (tertiary/aromatic N) is 1. The molecule has 1 heterocycles. The molecule has 0 atom stereocenters. The predicted octanol–water partition coefficient (Wildman–Crippen LogP) is 5.09. The summed E-state index contributed by atoms with van der Waals surface area (Å²) < 4.78 is 0. The van der Waals surface area contributed by atoms with E-state index >= 15 is 0 Å². The number of allylic oxidation sites excluding steroid dienone is 1. The minimum absolute atomic E-state index is 0.0449. The van der Waals surface area contributed by atoms with Crippen LogP contribution >= 0.6 is 11.3 Å². The Balaban J connectivity index is 1.75. The Morgan fingerprint density at radius 3 is 2.62 bits per heavy atom. The standard InChI is InChI=1S/C20H20N2OS/c21-14-17-16-10-6-1-2-7-11-19(16)24-20(17)22-13-12-18(23)15-8-4-3-5-9-15/h3-5,8-9,12-13,22H,1-2,6-7,10-11H2/b13-12-. The summed E-state index contributed by atoms with van der Waals surface area (Å²) in [4.78, 5) is 13.4. The molecule has 0 bridgehead atoms. The number of aryl methyl sites for hydroxylation is 1. The summed E-state index contributed by atoms with van der Waals surface area (Å²) in [5.74, 6) is -0.0449. The normalized spacial score (nSPS) is 14.5. The van der Waals surface area contributed by atoms with Crippen LogP contribution in [-0.2, 0) is 12.8 Å². The molecule has 0 aliphatic heterocycles. The second kappa shape index (κ2) is 7.94. The highest BCUT2D eigenvalue weighted by Gasteiger charge is 2.18. The summed E-state index contributed by atoms with van der Waals surface area (Å²) in [7, 11) is 0. The number of nitrogens with one attached hydrogen (secondary N) is 1. The molecule has 0 amide bonds. The lowest BCUT2D eigenvalue weighted by molar-refractivity contribution is 0.104. The highest BCUT2D eigenvalue weighted by molar-refractivity contribution is 7.16. The Labute approximate surface area is 146 Å². The van der Waals surface area contributed by atoms with Crippen LogP contribution in [0.4, 0.5) is 5.00 Å². The van der Waals surface area contributed by atoms with Gasteiger partial charge in [-0.15, -0.1) is 11.3 Å². The largest absolute Gasteiger partial charge is 0.352 e. The van der Waals surface area contributed by atoms with Gasteiger partial charge in [0.15, 0.2) is 5.78 Å². The predicted molar refractivity (Wildman–Crippen MR) is 98.4 cm³/mol. The molecule has 0 radical (unpaired) electrons. The Bertz CT molecular complexity index is 784. The number of fused-ring (bicyclic) bond motifs is 1. The highest BCUT2D eigenvalue weighted by Crippen LogP contribution is 2.36. The van der Waals surface area contributed by atoms with Crippen LogP contribution in [0, 0.1) is 11.3 Å². The minimum Gasteiger partial charge on any atom is -0.352 e. The van der Waals surface area contributed by atoms with Crippen molar-refractivity contribution in [1.29, 1.82) is 5.26 Å². The van der Waals surface area contributed by atoms with Gasteiger partial charge in [-0.05, 0) is 31.2 Å². The molecular weight excluding hydrogens is 316 g/mol. The zero-order valence-corrected chi connectivity index (χ0v) is 14.4. The van der Waals surface area contributed by atoms with Gasteiger partial charge in [-0.25, -0.2) is 0 Å². The summed E-state index contributed by atoms with van der Waals surface area (Å²) >= 11 is 1.66. The van der Waals surface area contributed by atoms with Crippen LogP contribution in [0.25, 0.3) is 0 Å². The first kappa shape index (κ1) is 16.5. The molecule has 0 saturated heterocycles. The van der Waals surface area contributed by atoms with Gasteiger partial charge in [0.1, 0.15) is 11.1 Å². The molecule has 1 aliphatic rings. The van der Waals surface area contributed by atoms with E-state index in [2.05, 4.69) is 11.4 Å². The van der Waals surface area contributed by atoms with Gasteiger partial charge in [0.05, 0.1) is 5.56 Å². The number of nitriles is 1. The fraction of sp³-hybridized carbons (Fsp3) is 0.300. The molecule has 122 valence electrons. The van der Waals surface area contributed by atoms with E-state index in [1.54, 1.807) is 29.7 Å². The van der Waals surface area contributed by atoms with E-state index in [-0.39, 0.29) is 5.78 Å². The van der Waals surface area contributed by atoms with Crippen molar-refractivity contribution >= 4 is 22.1 Å². The summed E-state index contributed by atoms with van der Waals surface area (Å²) in [5.41, 5.74) is 2.63. The van der Waals surface area contributed by atoms with E-state index in [1.807, 2.05) is 18.2 Å². The van der Waals surface area contributed by atoms with Crippen molar-refractivity contribution in [3.63, 3.8) is 0 Å². The number of ketones is 1. The third-order valence-electron chi connectivity index (χ3n) is 4.29. The molecule has 3 nitrogen and oxygen atoms in total. The molecule has 0 fully saturated rings. The van der Waals surface area contributed by atoms with Crippen LogP contribution < -0.4 is 5.32 Å². The lowest BCUT2D eigenvalue weighted by atomic mass is 9.97. The van der Waals surface area contributed by atoms with E-state index in [9.17, 15) is 10.1 Å². The molecule has 24 heavy (non-hydrogen) atoms. The van der Waals surface area contributed by atoms with E-state index in [0.717, 1.165) is 29.8 Å². The molecule has 0 unspecified atom stereocenters. The van der Waals surface area contributed by atoms with Crippen LogP contribution in [0.15, 0.2) is 42.6 Å². The van der Waals surface area contributed by atoms with Crippen molar-refractivity contribution in [3.05, 3.63) is 64.2 Å². The van der Waals surface area contributed by atoms with Crippen molar-refractivity contribution < 1.29 is 4.79 Å². The number of benzene rings is 1. The summed E-state index contributed by atoms with van der Waals surface area (Å²) in [6.07, 6.45) is 10.1. The lowest BCUT2D eigenvalue weighted by Gasteiger charge is -2.08. The van der Waals surface area contributed by atoms with E-state index in [1.165, 1.54) is 35.8 Å². The Kier molecular flexibility index (Phi) is 5.45. The molecule has 0 spiro atoms. The summed E-state index contributed by atoms with van der Waals surface area (Å²) in [5, 5.41) is 13.6. The number of carbonyl (C=O) groups is 1. The van der Waals surface area contributed by atoms with E-state index in [0.29, 0.717) is 5.56 Å². The van der Waals surface area contributed by atoms with Crippen LogP contribution in [0.5, 0.6) is 0 Å². The molecule has 1 N–H and O–H groups in total. The smallest absolute Gasteiger partial charge is 0.187 e. The molecule has 0 saturated carbocycles. The van der Waals surface area contributed by atoms with Crippen LogP contribution in [-0.4, -0.2) is 5.78 Å². The third-order valence-corrected chi connectivity index (χ3v) is 5.51. The monoisotopic (exact) mass is 336 g/mol. The molecule has 1 aromatic carbocycles. The SMILES string of the molecule is N#Cc1c(N/C=C\C(=O)c2ccccc2)sc2c1CCCCCC2. The van der Waals surface area contributed by atoms with Gasteiger partial charge < -0.3 is 5.32 Å². The van der Waals surface area contributed by atoms with E-state index < -0.39 is 0 Å². The quantitative estimate of drug-likeness (QED) is 0.625. The Morgan fingerprint density at radius 2 is 1.88 bits per heavy atom. The first-order valence-electron chi connectivity index (χ1n) is 8.36. The fourth-order valence-corrected chi connectivity index (χ4v) is 4.25. The number of hydrogen-bond acceptors (Lipinski definition) is 4. The Morgan fingerprint density at radius 1 is 1.12 bits per heavy atom. The fourth-order valence-electron chi connectivity index (χ4n) is 3.03. The van der Waals surface area contributed by atoms with E-state index in [4.69, 9.17) is 0 Å². The minimum atomic E-state index is -0.0449. The zero-order valence-electron chi connectivity index (χ0n) is 13.5. The maximum atomic E-state index is 12.1. The second-order valence-corrected chi connectivity index (χ2v) is 7.05. The number of hydrogen-bond donors (Lipinski definition) is 1. The molecule has 4 heteroatoms. The summed E-state index contributed by atoms with van der Waals surface area (Å²) in [6.45, 7) is 0. The molecule has 3 rings (SSSR count). The van der Waals surface area contributed by atoms with Crippen LogP contribution in [0.2, 0.25) is 0 Å². The zero-order chi connectivity index (χ0) is 16.8. The number of anilines is 1.